The van der Waals surface area contributed by atoms with Gasteiger partial charge in [-0.15, -0.1) is 0 Å². The quantitative estimate of drug-likeness (QED) is 0.532. The Bertz CT molecular complexity index is 1370. The Balaban J connectivity index is 1.70. The van der Waals surface area contributed by atoms with E-state index in [0.717, 1.165) is 12.5 Å². The van der Waals surface area contributed by atoms with Crippen molar-refractivity contribution in [1.82, 2.24) is 14.3 Å². The van der Waals surface area contributed by atoms with Crippen LogP contribution in [0, 0.1) is 5.82 Å². The lowest BCUT2D eigenvalue weighted by atomic mass is 10.0. The van der Waals surface area contributed by atoms with Crippen molar-refractivity contribution in [2.75, 3.05) is 11.4 Å². The van der Waals surface area contributed by atoms with Gasteiger partial charge in [-0.3, -0.25) is 4.79 Å². The highest BCUT2D eigenvalue weighted by atomic mass is 32.2. The number of pyridine rings is 1. The zero-order valence-corrected chi connectivity index (χ0v) is 20.2. The molecule has 35 heavy (non-hydrogen) atoms. The van der Waals surface area contributed by atoms with Gasteiger partial charge in [-0.25, -0.2) is 22.0 Å². The summed E-state index contributed by atoms with van der Waals surface area (Å²) in [5.41, 5.74) is 1.35. The minimum Gasteiger partial charge on any atom is -0.434 e. The van der Waals surface area contributed by atoms with Crippen LogP contribution in [0.4, 0.5) is 18.9 Å². The van der Waals surface area contributed by atoms with Gasteiger partial charge in [0.25, 0.3) is 5.91 Å². The fourth-order valence-electron chi connectivity index (χ4n) is 4.04. The van der Waals surface area contributed by atoms with Crippen LogP contribution >= 0.6 is 0 Å². The van der Waals surface area contributed by atoms with Crippen molar-refractivity contribution in [3.05, 3.63) is 59.7 Å². The van der Waals surface area contributed by atoms with Crippen molar-refractivity contribution in [3.63, 3.8) is 0 Å². The zero-order valence-electron chi connectivity index (χ0n) is 19.3. The van der Waals surface area contributed by atoms with Crippen molar-refractivity contribution in [1.29, 1.82) is 0 Å². The lowest BCUT2D eigenvalue weighted by Gasteiger charge is -2.28. The number of carbonyl (C=O) groups excluding carboxylic acids is 1. The number of hydrogen-bond donors (Lipinski definition) is 1. The molecule has 1 N–H and O–H groups in total. The molecule has 0 radical (unpaired) electrons. The van der Waals surface area contributed by atoms with Gasteiger partial charge in [0, 0.05) is 24.0 Å². The third-order valence-corrected chi connectivity index (χ3v) is 7.98. The van der Waals surface area contributed by atoms with Crippen LogP contribution in [0.5, 0.6) is 5.75 Å². The number of nitrogens with one attached hydrogen (secondary N) is 1. The largest absolute Gasteiger partial charge is 0.434 e. The number of alkyl halides is 2. The van der Waals surface area contributed by atoms with Crippen LogP contribution < -0.4 is 14.4 Å². The smallest absolute Gasteiger partial charge is 0.387 e. The molecular weight excluding hydrogens is 485 g/mol. The number of amides is 1. The number of anilines is 1. The van der Waals surface area contributed by atoms with E-state index in [1.807, 2.05) is 4.90 Å². The third kappa shape index (κ3) is 4.93. The Morgan fingerprint density at radius 3 is 2.66 bits per heavy atom. The molecule has 188 valence electrons. The van der Waals surface area contributed by atoms with Crippen LogP contribution in [0.15, 0.2) is 42.7 Å². The van der Waals surface area contributed by atoms with Crippen molar-refractivity contribution in [2.45, 2.75) is 51.0 Å². The normalized spacial score (nSPS) is 16.8. The first kappa shape index (κ1) is 24.8. The van der Waals surface area contributed by atoms with Crippen LogP contribution in [0.3, 0.4) is 0 Å². The maximum Gasteiger partial charge on any atom is 0.387 e. The minimum atomic E-state index is -3.94. The number of benzene rings is 1. The SMILES string of the molecule is CC(C)(C)S(=O)(=O)NC(=O)c1cnn2ccc(N3CCC[C@@H]3c3cc(F)ccc3OC(F)F)cc12. The zero-order chi connectivity index (χ0) is 25.5. The average Bonchev–Trinajstić information content (AvgIpc) is 3.40. The van der Waals surface area contributed by atoms with Crippen molar-refractivity contribution in [2.24, 2.45) is 0 Å². The maximum absolute atomic E-state index is 14.0. The van der Waals surface area contributed by atoms with E-state index in [1.54, 1.807) is 18.3 Å². The highest BCUT2D eigenvalue weighted by molar-refractivity contribution is 7.91. The van der Waals surface area contributed by atoms with Crippen molar-refractivity contribution in [3.8, 4) is 5.75 Å². The molecule has 0 bridgehead atoms. The van der Waals surface area contributed by atoms with Gasteiger partial charge in [0.2, 0.25) is 10.0 Å². The van der Waals surface area contributed by atoms with Crippen LogP contribution in [-0.2, 0) is 10.0 Å². The Morgan fingerprint density at radius 2 is 1.97 bits per heavy atom. The van der Waals surface area contributed by atoms with Gasteiger partial charge >= 0.3 is 6.61 Å². The molecule has 1 amide bonds. The number of carbonyl (C=O) groups is 1. The average molecular weight is 511 g/mol. The summed E-state index contributed by atoms with van der Waals surface area (Å²) in [5, 5.41) is 4.12. The van der Waals surface area contributed by atoms with Gasteiger partial charge < -0.3 is 9.64 Å². The van der Waals surface area contributed by atoms with Crippen LogP contribution in [0.25, 0.3) is 5.52 Å². The fraction of sp³-hybridized carbons (Fsp3) is 0.391. The number of hydrogen-bond acceptors (Lipinski definition) is 6. The summed E-state index contributed by atoms with van der Waals surface area (Å²) < 4.78 is 71.7. The molecule has 4 rings (SSSR count). The first-order chi connectivity index (χ1) is 16.4. The van der Waals surface area contributed by atoms with Gasteiger partial charge in [-0.1, -0.05) is 0 Å². The predicted molar refractivity (Wildman–Crippen MR) is 124 cm³/mol. The van der Waals surface area contributed by atoms with E-state index in [-0.39, 0.29) is 11.3 Å². The Hall–Kier alpha value is -3.28. The fourth-order valence-corrected chi connectivity index (χ4v) is 4.70. The van der Waals surface area contributed by atoms with E-state index in [0.29, 0.717) is 29.7 Å². The molecule has 1 aliphatic rings. The molecule has 0 aliphatic carbocycles. The third-order valence-electron chi connectivity index (χ3n) is 5.91. The second-order valence-corrected chi connectivity index (χ2v) is 11.7. The molecule has 1 aliphatic heterocycles. The summed E-state index contributed by atoms with van der Waals surface area (Å²) in [6.45, 7) is 1.93. The Morgan fingerprint density at radius 1 is 1.23 bits per heavy atom. The summed E-state index contributed by atoms with van der Waals surface area (Å²) >= 11 is 0. The molecule has 0 saturated carbocycles. The number of sulfonamides is 1. The standard InChI is InChI=1S/C23H25F3N4O4S/c1-23(2,3)35(32,33)28-21(31)17-13-27-30-10-8-15(12-19(17)30)29-9-4-5-18(29)16-11-14(24)6-7-20(16)34-22(25)26/h6-8,10-13,18,22H,4-5,9H2,1-3H3,(H,28,31)/t18-/m1/s1. The van der Waals surface area contributed by atoms with E-state index < -0.39 is 39.1 Å². The highest BCUT2D eigenvalue weighted by Gasteiger charge is 2.33. The highest BCUT2D eigenvalue weighted by Crippen LogP contribution is 2.41. The number of fused-ring (bicyclic) bond motifs is 1. The number of nitrogens with zero attached hydrogens (tertiary/aromatic N) is 3. The topological polar surface area (TPSA) is 93.0 Å². The summed E-state index contributed by atoms with van der Waals surface area (Å²) in [4.78, 5) is 14.7. The molecule has 1 fully saturated rings. The maximum atomic E-state index is 14.0. The number of ether oxygens (including phenoxy) is 1. The van der Waals surface area contributed by atoms with Gasteiger partial charge in [-0.2, -0.15) is 13.9 Å². The van der Waals surface area contributed by atoms with Crippen molar-refractivity contribution >= 4 is 27.1 Å². The van der Waals surface area contributed by atoms with Gasteiger partial charge in [0.1, 0.15) is 11.6 Å². The van der Waals surface area contributed by atoms with E-state index in [2.05, 4.69) is 14.6 Å². The summed E-state index contributed by atoms with van der Waals surface area (Å²) in [5.74, 6) is -1.49. The molecule has 3 heterocycles. The molecule has 0 spiro atoms. The Labute approximate surface area is 200 Å². The number of aromatic nitrogens is 2. The lowest BCUT2D eigenvalue weighted by molar-refractivity contribution is -0.0506. The van der Waals surface area contributed by atoms with E-state index in [9.17, 15) is 26.4 Å². The number of rotatable bonds is 6. The van der Waals surface area contributed by atoms with E-state index in [1.165, 1.54) is 43.6 Å². The molecule has 8 nitrogen and oxygen atoms in total. The van der Waals surface area contributed by atoms with Crippen LogP contribution in [0.2, 0.25) is 0 Å². The van der Waals surface area contributed by atoms with Gasteiger partial charge in [-0.05, 0) is 63.9 Å². The first-order valence-corrected chi connectivity index (χ1v) is 12.4. The summed E-state index contributed by atoms with van der Waals surface area (Å²) in [6, 6.07) is 6.40. The molecular formula is C23H25F3N4O4S. The molecule has 12 heteroatoms. The van der Waals surface area contributed by atoms with Gasteiger partial charge in [0.15, 0.2) is 0 Å². The second-order valence-electron chi connectivity index (χ2n) is 9.23. The predicted octanol–water partition coefficient (Wildman–Crippen LogP) is 4.27. The molecule has 3 aromatic rings. The van der Waals surface area contributed by atoms with Gasteiger partial charge in [0.05, 0.1) is 28.1 Å². The lowest BCUT2D eigenvalue weighted by Crippen LogP contribution is -2.42. The molecule has 1 saturated heterocycles. The Kier molecular flexibility index (Phi) is 6.43. The van der Waals surface area contributed by atoms with E-state index in [4.69, 9.17) is 0 Å². The summed E-state index contributed by atoms with van der Waals surface area (Å²) in [6.07, 6.45) is 4.17. The van der Waals surface area contributed by atoms with Crippen molar-refractivity contribution < 1.29 is 31.1 Å². The molecule has 1 atom stereocenters. The van der Waals surface area contributed by atoms with E-state index >= 15 is 0 Å². The summed E-state index contributed by atoms with van der Waals surface area (Å²) in [7, 11) is -3.94. The monoisotopic (exact) mass is 510 g/mol. The second kappa shape index (κ2) is 9.06. The minimum absolute atomic E-state index is 0.0582. The van der Waals surface area contributed by atoms with Crippen LogP contribution in [0.1, 0.15) is 55.6 Å². The molecule has 2 aromatic heterocycles. The number of halogens is 3. The molecule has 0 unspecified atom stereocenters. The van der Waals surface area contributed by atoms with Crippen LogP contribution in [-0.4, -0.2) is 41.8 Å². The molecule has 1 aromatic carbocycles. The first-order valence-electron chi connectivity index (χ1n) is 10.9.